The van der Waals surface area contributed by atoms with Crippen LogP contribution in [0.3, 0.4) is 0 Å². The molecule has 1 amide bonds. The average Bonchev–Trinajstić information content (AvgIpc) is 2.37. The number of halogens is 2. The van der Waals surface area contributed by atoms with Crippen molar-refractivity contribution in [1.29, 1.82) is 0 Å². The van der Waals surface area contributed by atoms with Gasteiger partial charge in [0.2, 0.25) is 6.41 Å². The molecule has 0 saturated carbocycles. The fourth-order valence-corrected chi connectivity index (χ4v) is 2.07. The van der Waals surface area contributed by atoms with E-state index in [0.717, 1.165) is 12.1 Å². The largest absolute Gasteiger partial charge is 0.349 e. The molecule has 5 nitrogen and oxygen atoms in total. The van der Waals surface area contributed by atoms with E-state index in [1.54, 1.807) is 0 Å². The van der Waals surface area contributed by atoms with E-state index in [1.165, 1.54) is 9.80 Å². The Bertz CT molecular complexity index is 454. The molecule has 1 saturated heterocycles. The average molecular weight is 272 g/mol. The van der Waals surface area contributed by atoms with E-state index < -0.39 is 17.5 Å². The van der Waals surface area contributed by atoms with Gasteiger partial charge in [-0.15, -0.1) is 0 Å². The van der Waals surface area contributed by atoms with Crippen molar-refractivity contribution in [2.75, 3.05) is 26.2 Å². The van der Waals surface area contributed by atoms with Gasteiger partial charge in [-0.2, -0.15) is 0 Å². The van der Waals surface area contributed by atoms with Crippen LogP contribution < -0.4 is 0 Å². The minimum absolute atomic E-state index is 0.198. The topological polar surface area (TPSA) is 64.0 Å². The molecular formula is C12H14F2N2O3. The molecule has 1 aliphatic heterocycles. The molecule has 0 unspecified atom stereocenters. The van der Waals surface area contributed by atoms with Crippen LogP contribution in [-0.2, 0) is 10.7 Å². The Morgan fingerprint density at radius 2 is 1.58 bits per heavy atom. The summed E-state index contributed by atoms with van der Waals surface area (Å²) < 4.78 is 26.2. The molecule has 1 aliphatic rings. The van der Waals surface area contributed by atoms with Gasteiger partial charge in [0, 0.05) is 37.8 Å². The summed E-state index contributed by atoms with van der Waals surface area (Å²) in [6.45, 7) is 1.04. The minimum Gasteiger partial charge on any atom is -0.349 e. The van der Waals surface area contributed by atoms with Crippen LogP contribution in [0.25, 0.3) is 0 Å². The Morgan fingerprint density at radius 3 is 2.05 bits per heavy atom. The Labute approximate surface area is 108 Å². The fourth-order valence-electron chi connectivity index (χ4n) is 2.07. The zero-order valence-corrected chi connectivity index (χ0v) is 10.1. The van der Waals surface area contributed by atoms with E-state index in [-0.39, 0.29) is 18.7 Å². The van der Waals surface area contributed by atoms with Crippen LogP contribution in [0.15, 0.2) is 18.2 Å². The summed E-state index contributed by atoms with van der Waals surface area (Å²) in [6.07, 6.45) is 0.676. The number of amides is 1. The van der Waals surface area contributed by atoms with Gasteiger partial charge in [0.05, 0.1) is 0 Å². The minimum atomic E-state index is -2.46. The number of rotatable bonds is 3. The monoisotopic (exact) mass is 272 g/mol. The summed E-state index contributed by atoms with van der Waals surface area (Å²) in [4.78, 5) is 13.3. The molecule has 19 heavy (non-hydrogen) atoms. The third-order valence-corrected chi connectivity index (χ3v) is 3.15. The van der Waals surface area contributed by atoms with Gasteiger partial charge < -0.3 is 15.1 Å². The Balaban J connectivity index is 2.19. The summed E-state index contributed by atoms with van der Waals surface area (Å²) in [7, 11) is 0. The molecule has 1 heterocycles. The molecule has 104 valence electrons. The van der Waals surface area contributed by atoms with E-state index in [1.807, 2.05) is 0 Å². The van der Waals surface area contributed by atoms with E-state index >= 15 is 0 Å². The highest BCUT2D eigenvalue weighted by Crippen LogP contribution is 2.25. The van der Waals surface area contributed by atoms with Crippen LogP contribution in [0, 0.1) is 11.6 Å². The van der Waals surface area contributed by atoms with Crippen LogP contribution in [0.5, 0.6) is 0 Å². The first-order valence-electron chi connectivity index (χ1n) is 5.79. The molecule has 1 aromatic carbocycles. The third-order valence-electron chi connectivity index (χ3n) is 3.15. The van der Waals surface area contributed by atoms with Crippen molar-refractivity contribution in [1.82, 2.24) is 9.80 Å². The van der Waals surface area contributed by atoms with E-state index in [9.17, 15) is 23.8 Å². The van der Waals surface area contributed by atoms with Gasteiger partial charge in [-0.25, -0.2) is 13.7 Å². The SMILES string of the molecule is O=CN1CCN(C(O)(O)c2cc(F)cc(F)c2)CC1. The molecule has 7 heteroatoms. The maximum atomic E-state index is 13.1. The molecule has 0 radical (unpaired) electrons. The molecule has 0 aliphatic carbocycles. The predicted molar refractivity (Wildman–Crippen MR) is 61.7 cm³/mol. The number of aliphatic hydroxyl groups is 2. The van der Waals surface area contributed by atoms with Gasteiger partial charge in [0.25, 0.3) is 5.91 Å². The van der Waals surface area contributed by atoms with Crippen LogP contribution in [0.1, 0.15) is 5.56 Å². The second-order valence-electron chi connectivity index (χ2n) is 4.42. The van der Waals surface area contributed by atoms with E-state index in [4.69, 9.17) is 0 Å². The molecule has 0 atom stereocenters. The maximum Gasteiger partial charge on any atom is 0.253 e. The highest BCUT2D eigenvalue weighted by Gasteiger charge is 2.36. The first-order chi connectivity index (χ1) is 8.93. The lowest BCUT2D eigenvalue weighted by molar-refractivity contribution is -0.280. The number of piperazine rings is 1. The molecule has 0 bridgehead atoms. The quantitative estimate of drug-likeness (QED) is 0.592. The number of hydrogen-bond donors (Lipinski definition) is 2. The van der Waals surface area contributed by atoms with Crippen molar-refractivity contribution in [2.24, 2.45) is 0 Å². The van der Waals surface area contributed by atoms with Gasteiger partial charge in [-0.05, 0) is 12.1 Å². The highest BCUT2D eigenvalue weighted by atomic mass is 19.1. The predicted octanol–water partition coefficient (Wildman–Crippen LogP) is -0.166. The zero-order valence-electron chi connectivity index (χ0n) is 10.1. The lowest BCUT2D eigenvalue weighted by Gasteiger charge is -2.40. The van der Waals surface area contributed by atoms with Crippen molar-refractivity contribution in [3.8, 4) is 0 Å². The van der Waals surface area contributed by atoms with Crippen LogP contribution in [0.4, 0.5) is 8.78 Å². The Morgan fingerprint density at radius 1 is 1.05 bits per heavy atom. The molecular weight excluding hydrogens is 258 g/mol. The number of nitrogens with zero attached hydrogens (tertiary/aromatic N) is 2. The smallest absolute Gasteiger partial charge is 0.253 e. The molecule has 2 N–H and O–H groups in total. The number of carbonyl (C=O) groups is 1. The normalized spacial score (nSPS) is 17.6. The molecule has 0 spiro atoms. The molecule has 1 fully saturated rings. The summed E-state index contributed by atoms with van der Waals surface area (Å²) in [5.41, 5.74) is -0.274. The molecule has 0 aromatic heterocycles. The number of hydrogen-bond acceptors (Lipinski definition) is 4. The maximum absolute atomic E-state index is 13.1. The zero-order chi connectivity index (χ0) is 14.0. The second kappa shape index (κ2) is 5.20. The van der Waals surface area contributed by atoms with Crippen LogP contribution in [0.2, 0.25) is 0 Å². The summed E-state index contributed by atoms with van der Waals surface area (Å²) >= 11 is 0. The van der Waals surface area contributed by atoms with Crippen LogP contribution in [-0.4, -0.2) is 52.6 Å². The van der Waals surface area contributed by atoms with Crippen molar-refractivity contribution < 1.29 is 23.8 Å². The van der Waals surface area contributed by atoms with Crippen molar-refractivity contribution in [3.05, 3.63) is 35.4 Å². The standard InChI is InChI=1S/C12H14F2N2O3/c13-10-5-9(6-11(14)7-10)12(18,19)16-3-1-15(8-17)2-4-16/h5-8,18-19H,1-4H2. The van der Waals surface area contributed by atoms with Crippen molar-refractivity contribution in [2.45, 2.75) is 5.91 Å². The fraction of sp³-hybridized carbons (Fsp3) is 0.417. The van der Waals surface area contributed by atoms with Crippen LogP contribution >= 0.6 is 0 Å². The Kier molecular flexibility index (Phi) is 3.79. The van der Waals surface area contributed by atoms with Gasteiger partial charge >= 0.3 is 0 Å². The van der Waals surface area contributed by atoms with Crippen molar-refractivity contribution >= 4 is 6.41 Å². The number of carbonyl (C=O) groups excluding carboxylic acids is 1. The summed E-state index contributed by atoms with van der Waals surface area (Å²) in [5, 5.41) is 20.1. The van der Waals surface area contributed by atoms with Gasteiger partial charge in [-0.3, -0.25) is 4.79 Å². The van der Waals surface area contributed by atoms with E-state index in [0.29, 0.717) is 25.6 Å². The first-order valence-corrected chi connectivity index (χ1v) is 5.79. The van der Waals surface area contributed by atoms with Gasteiger partial charge in [0.1, 0.15) is 11.6 Å². The molecule has 2 rings (SSSR count). The lowest BCUT2D eigenvalue weighted by Crippen LogP contribution is -2.55. The van der Waals surface area contributed by atoms with Gasteiger partial charge in [-0.1, -0.05) is 0 Å². The third kappa shape index (κ3) is 2.89. The lowest BCUT2D eigenvalue weighted by atomic mass is 10.1. The summed E-state index contributed by atoms with van der Waals surface area (Å²) in [6, 6.07) is 2.40. The first kappa shape index (κ1) is 13.9. The van der Waals surface area contributed by atoms with Gasteiger partial charge in [0.15, 0.2) is 0 Å². The highest BCUT2D eigenvalue weighted by molar-refractivity contribution is 5.47. The van der Waals surface area contributed by atoms with E-state index in [2.05, 4.69) is 0 Å². The second-order valence-corrected chi connectivity index (χ2v) is 4.42. The number of benzene rings is 1. The Hall–Kier alpha value is -1.57. The summed E-state index contributed by atoms with van der Waals surface area (Å²) in [5.74, 6) is -4.22. The molecule has 1 aromatic rings. The van der Waals surface area contributed by atoms with Crippen molar-refractivity contribution in [3.63, 3.8) is 0 Å².